The number of nitrogens with one attached hydrogen (secondary N) is 1. The summed E-state index contributed by atoms with van der Waals surface area (Å²) in [6.45, 7) is 7.66. The molecule has 0 aromatic heterocycles. The normalized spacial score (nSPS) is 20.0. The first-order chi connectivity index (χ1) is 11.3. The van der Waals surface area contributed by atoms with Crippen molar-refractivity contribution in [3.63, 3.8) is 0 Å². The van der Waals surface area contributed by atoms with Crippen molar-refractivity contribution in [1.29, 1.82) is 0 Å². The third-order valence-corrected chi connectivity index (χ3v) is 4.94. The Hall–Kier alpha value is -1.59. The number of hydrogen-bond donors (Lipinski definition) is 1. The minimum absolute atomic E-state index is 0.0455. The second kappa shape index (κ2) is 7.79. The summed E-state index contributed by atoms with van der Waals surface area (Å²) >= 11 is 0. The van der Waals surface area contributed by atoms with E-state index in [1.165, 1.54) is 11.1 Å². The maximum absolute atomic E-state index is 12.2. The zero-order valence-electron chi connectivity index (χ0n) is 14.0. The van der Waals surface area contributed by atoms with Gasteiger partial charge in [0.1, 0.15) is 0 Å². The first kappa shape index (κ1) is 16.3. The van der Waals surface area contributed by atoms with E-state index in [9.17, 15) is 4.79 Å². The van der Waals surface area contributed by atoms with Crippen LogP contribution >= 0.6 is 0 Å². The molecule has 0 unspecified atom stereocenters. The van der Waals surface area contributed by atoms with Crippen LogP contribution in [-0.4, -0.2) is 61.3 Å². The molecule has 2 aliphatic rings. The van der Waals surface area contributed by atoms with Gasteiger partial charge < -0.3 is 15.0 Å². The zero-order valence-corrected chi connectivity index (χ0v) is 14.0. The fourth-order valence-corrected chi connectivity index (χ4v) is 3.44. The average Bonchev–Trinajstić information content (AvgIpc) is 2.62. The van der Waals surface area contributed by atoms with Crippen molar-refractivity contribution in [1.82, 2.24) is 15.1 Å². The van der Waals surface area contributed by atoms with Crippen molar-refractivity contribution in [2.45, 2.75) is 32.4 Å². The Labute approximate surface area is 138 Å². The SMILES string of the molecule is CC[C@@H](CNC(=O)N1CCOCC1)N1CCc2ccccc2C1. The van der Waals surface area contributed by atoms with Gasteiger partial charge in [0.2, 0.25) is 0 Å². The fourth-order valence-electron chi connectivity index (χ4n) is 3.44. The molecule has 1 fully saturated rings. The fraction of sp³-hybridized carbons (Fsp3) is 0.611. The monoisotopic (exact) mass is 317 g/mol. The molecule has 2 aliphatic heterocycles. The number of carbonyl (C=O) groups excluding carboxylic acids is 1. The molecule has 0 aliphatic carbocycles. The highest BCUT2D eigenvalue weighted by Gasteiger charge is 2.23. The molecule has 0 bridgehead atoms. The average molecular weight is 317 g/mol. The first-order valence-corrected chi connectivity index (χ1v) is 8.69. The van der Waals surface area contributed by atoms with Gasteiger partial charge in [-0.25, -0.2) is 4.79 Å². The minimum atomic E-state index is 0.0455. The highest BCUT2D eigenvalue weighted by molar-refractivity contribution is 5.74. The third kappa shape index (κ3) is 4.03. The van der Waals surface area contributed by atoms with Crippen LogP contribution in [0.5, 0.6) is 0 Å². The molecule has 1 aromatic carbocycles. The first-order valence-electron chi connectivity index (χ1n) is 8.69. The topological polar surface area (TPSA) is 44.8 Å². The molecule has 2 heterocycles. The van der Waals surface area contributed by atoms with E-state index >= 15 is 0 Å². The minimum Gasteiger partial charge on any atom is -0.378 e. The van der Waals surface area contributed by atoms with E-state index in [-0.39, 0.29) is 6.03 Å². The van der Waals surface area contributed by atoms with Gasteiger partial charge in [-0.2, -0.15) is 0 Å². The maximum atomic E-state index is 12.2. The largest absolute Gasteiger partial charge is 0.378 e. The molecule has 0 radical (unpaired) electrons. The predicted molar refractivity (Wildman–Crippen MR) is 90.4 cm³/mol. The molecule has 1 saturated heterocycles. The number of fused-ring (bicyclic) bond motifs is 1. The Kier molecular flexibility index (Phi) is 5.51. The Bertz CT molecular complexity index is 529. The second-order valence-corrected chi connectivity index (χ2v) is 6.34. The summed E-state index contributed by atoms with van der Waals surface area (Å²) < 4.78 is 5.30. The van der Waals surface area contributed by atoms with E-state index in [0.717, 1.165) is 32.5 Å². The van der Waals surface area contributed by atoms with Gasteiger partial charge in [-0.1, -0.05) is 31.2 Å². The third-order valence-electron chi connectivity index (χ3n) is 4.94. The molecule has 0 saturated carbocycles. The standard InChI is InChI=1S/C18H27N3O2/c1-2-17(13-19-18(22)20-9-11-23-12-10-20)21-8-7-15-5-3-4-6-16(15)14-21/h3-6,17H,2,7-14H2,1H3,(H,19,22)/t17-/m0/s1. The molecular weight excluding hydrogens is 290 g/mol. The van der Waals surface area contributed by atoms with Crippen molar-refractivity contribution in [3.05, 3.63) is 35.4 Å². The van der Waals surface area contributed by atoms with Crippen molar-refractivity contribution >= 4 is 6.03 Å². The molecule has 5 nitrogen and oxygen atoms in total. The van der Waals surface area contributed by atoms with Gasteiger partial charge in [0.15, 0.2) is 0 Å². The summed E-state index contributed by atoms with van der Waals surface area (Å²) in [4.78, 5) is 16.6. The summed E-state index contributed by atoms with van der Waals surface area (Å²) in [5.41, 5.74) is 2.90. The molecule has 3 rings (SSSR count). The summed E-state index contributed by atoms with van der Waals surface area (Å²) in [7, 11) is 0. The number of urea groups is 1. The lowest BCUT2D eigenvalue weighted by molar-refractivity contribution is 0.0524. The van der Waals surface area contributed by atoms with E-state index < -0.39 is 0 Å². The number of rotatable bonds is 4. The quantitative estimate of drug-likeness (QED) is 0.922. The van der Waals surface area contributed by atoms with Crippen LogP contribution in [-0.2, 0) is 17.7 Å². The maximum Gasteiger partial charge on any atom is 0.317 e. The van der Waals surface area contributed by atoms with E-state index in [1.807, 2.05) is 4.90 Å². The molecule has 1 aromatic rings. The van der Waals surface area contributed by atoms with Crippen molar-refractivity contribution in [2.75, 3.05) is 39.4 Å². The van der Waals surface area contributed by atoms with Gasteiger partial charge in [-0.05, 0) is 24.0 Å². The van der Waals surface area contributed by atoms with E-state index in [0.29, 0.717) is 32.3 Å². The van der Waals surface area contributed by atoms with Crippen LogP contribution in [0, 0.1) is 0 Å². The Morgan fingerprint density at radius 1 is 1.22 bits per heavy atom. The number of nitrogens with zero attached hydrogens (tertiary/aromatic N) is 2. The molecule has 0 spiro atoms. The van der Waals surface area contributed by atoms with E-state index in [2.05, 4.69) is 41.4 Å². The lowest BCUT2D eigenvalue weighted by Gasteiger charge is -2.36. The molecule has 5 heteroatoms. The number of hydrogen-bond acceptors (Lipinski definition) is 3. The van der Waals surface area contributed by atoms with Gasteiger partial charge in [0.25, 0.3) is 0 Å². The number of morpholine rings is 1. The van der Waals surface area contributed by atoms with Crippen LogP contribution in [0.3, 0.4) is 0 Å². The molecule has 126 valence electrons. The van der Waals surface area contributed by atoms with Gasteiger partial charge in [0.05, 0.1) is 13.2 Å². The van der Waals surface area contributed by atoms with Crippen LogP contribution in [0.25, 0.3) is 0 Å². The number of carbonyl (C=O) groups is 1. The van der Waals surface area contributed by atoms with Gasteiger partial charge in [-0.15, -0.1) is 0 Å². The molecule has 1 N–H and O–H groups in total. The van der Waals surface area contributed by atoms with E-state index in [4.69, 9.17) is 4.74 Å². The number of amides is 2. The molecular formula is C18H27N3O2. The lowest BCUT2D eigenvalue weighted by Crippen LogP contribution is -2.51. The lowest BCUT2D eigenvalue weighted by atomic mass is 9.98. The van der Waals surface area contributed by atoms with Crippen LogP contribution in [0.4, 0.5) is 4.79 Å². The Balaban J connectivity index is 1.53. The smallest absolute Gasteiger partial charge is 0.317 e. The van der Waals surface area contributed by atoms with Crippen LogP contribution in [0.15, 0.2) is 24.3 Å². The molecule has 1 atom stereocenters. The second-order valence-electron chi connectivity index (χ2n) is 6.34. The summed E-state index contributed by atoms with van der Waals surface area (Å²) in [6, 6.07) is 9.13. The van der Waals surface area contributed by atoms with Gasteiger partial charge in [-0.3, -0.25) is 4.90 Å². The number of benzene rings is 1. The Morgan fingerprint density at radius 2 is 1.96 bits per heavy atom. The van der Waals surface area contributed by atoms with Crippen molar-refractivity contribution in [2.24, 2.45) is 0 Å². The van der Waals surface area contributed by atoms with Crippen LogP contribution in [0.2, 0.25) is 0 Å². The summed E-state index contributed by atoms with van der Waals surface area (Å²) in [5, 5.41) is 3.11. The van der Waals surface area contributed by atoms with Gasteiger partial charge >= 0.3 is 6.03 Å². The number of ether oxygens (including phenoxy) is 1. The van der Waals surface area contributed by atoms with Crippen molar-refractivity contribution < 1.29 is 9.53 Å². The highest BCUT2D eigenvalue weighted by atomic mass is 16.5. The summed E-state index contributed by atoms with van der Waals surface area (Å²) in [5.74, 6) is 0. The molecule has 23 heavy (non-hydrogen) atoms. The van der Waals surface area contributed by atoms with Gasteiger partial charge in [0, 0.05) is 38.8 Å². The summed E-state index contributed by atoms with van der Waals surface area (Å²) in [6.07, 6.45) is 2.15. The highest BCUT2D eigenvalue weighted by Crippen LogP contribution is 2.21. The molecule has 2 amide bonds. The van der Waals surface area contributed by atoms with E-state index in [1.54, 1.807) is 0 Å². The van der Waals surface area contributed by atoms with Crippen LogP contribution in [0.1, 0.15) is 24.5 Å². The van der Waals surface area contributed by atoms with Crippen molar-refractivity contribution in [3.8, 4) is 0 Å². The zero-order chi connectivity index (χ0) is 16.1. The Morgan fingerprint density at radius 3 is 2.70 bits per heavy atom. The van der Waals surface area contributed by atoms with Crippen LogP contribution < -0.4 is 5.32 Å². The predicted octanol–water partition coefficient (Wildman–Crippen LogP) is 1.87.